The van der Waals surface area contributed by atoms with E-state index in [1.54, 1.807) is 0 Å². The van der Waals surface area contributed by atoms with Gasteiger partial charge in [0, 0.05) is 18.8 Å². The Labute approximate surface area is 143 Å². The molecule has 0 radical (unpaired) electrons. The van der Waals surface area contributed by atoms with Crippen LogP contribution in [0.3, 0.4) is 0 Å². The molecule has 1 fully saturated rings. The molecule has 0 saturated carbocycles. The summed E-state index contributed by atoms with van der Waals surface area (Å²) in [4.78, 5) is 15.0. The van der Waals surface area contributed by atoms with Gasteiger partial charge in [-0.1, -0.05) is 42.5 Å². The number of hydrogen-bond donors (Lipinski definition) is 1. The van der Waals surface area contributed by atoms with Crippen molar-refractivity contribution in [2.45, 2.75) is 19.9 Å². The van der Waals surface area contributed by atoms with Crippen LogP contribution < -0.4 is 5.32 Å². The Bertz CT molecular complexity index is 694. The molecule has 0 unspecified atom stereocenters. The number of rotatable bonds is 4. The van der Waals surface area contributed by atoms with Crippen LogP contribution in [-0.2, 0) is 9.53 Å². The van der Waals surface area contributed by atoms with Crippen molar-refractivity contribution in [1.82, 2.24) is 4.90 Å². The molecule has 24 heavy (non-hydrogen) atoms. The number of aryl methyl sites for hydroxylation is 2. The zero-order valence-corrected chi connectivity index (χ0v) is 14.3. The Kier molecular flexibility index (Phi) is 5.16. The van der Waals surface area contributed by atoms with Gasteiger partial charge in [-0.2, -0.15) is 0 Å². The number of nitrogens with one attached hydrogen (secondary N) is 1. The Hall–Kier alpha value is -2.33. The number of hydrogen-bond acceptors (Lipinski definition) is 3. The maximum atomic E-state index is 13.1. The minimum Gasteiger partial charge on any atom is -0.378 e. The van der Waals surface area contributed by atoms with Crippen LogP contribution in [-0.4, -0.2) is 37.1 Å². The lowest BCUT2D eigenvalue weighted by molar-refractivity contribution is -0.136. The van der Waals surface area contributed by atoms with Crippen molar-refractivity contribution in [3.63, 3.8) is 0 Å². The predicted molar refractivity (Wildman–Crippen MR) is 96.1 cm³/mol. The summed E-state index contributed by atoms with van der Waals surface area (Å²) in [6, 6.07) is 15.8. The topological polar surface area (TPSA) is 41.6 Å². The minimum atomic E-state index is -0.384. The Morgan fingerprint density at radius 1 is 1.08 bits per heavy atom. The first-order chi connectivity index (χ1) is 11.6. The SMILES string of the molecule is Cc1ccc(C)c(N[C@H](C(=O)N2CCOCC2)c2ccccc2)c1. The van der Waals surface area contributed by atoms with Gasteiger partial charge in [0.2, 0.25) is 5.91 Å². The second-order valence-electron chi connectivity index (χ2n) is 6.24. The number of benzene rings is 2. The van der Waals surface area contributed by atoms with E-state index in [-0.39, 0.29) is 11.9 Å². The van der Waals surface area contributed by atoms with Gasteiger partial charge in [-0.3, -0.25) is 4.79 Å². The lowest BCUT2D eigenvalue weighted by Gasteiger charge is -2.31. The number of nitrogens with zero attached hydrogens (tertiary/aromatic N) is 1. The van der Waals surface area contributed by atoms with E-state index in [1.165, 1.54) is 5.56 Å². The van der Waals surface area contributed by atoms with E-state index in [0.717, 1.165) is 16.8 Å². The van der Waals surface area contributed by atoms with E-state index >= 15 is 0 Å². The maximum absolute atomic E-state index is 13.1. The summed E-state index contributed by atoms with van der Waals surface area (Å²) in [5.41, 5.74) is 4.30. The Balaban J connectivity index is 1.90. The highest BCUT2D eigenvalue weighted by Gasteiger charge is 2.27. The van der Waals surface area contributed by atoms with Gasteiger partial charge in [0.15, 0.2) is 0 Å². The number of morpholine rings is 1. The Morgan fingerprint density at radius 3 is 2.50 bits per heavy atom. The molecule has 4 nitrogen and oxygen atoms in total. The lowest BCUT2D eigenvalue weighted by atomic mass is 10.0. The van der Waals surface area contributed by atoms with Crippen LogP contribution in [0.25, 0.3) is 0 Å². The number of amides is 1. The van der Waals surface area contributed by atoms with E-state index < -0.39 is 0 Å². The number of carbonyl (C=O) groups is 1. The van der Waals surface area contributed by atoms with Crippen molar-refractivity contribution in [3.05, 3.63) is 65.2 Å². The molecular weight excluding hydrogens is 300 g/mol. The van der Waals surface area contributed by atoms with Gasteiger partial charge in [-0.25, -0.2) is 0 Å². The molecule has 1 aliphatic rings. The van der Waals surface area contributed by atoms with Crippen molar-refractivity contribution in [2.75, 3.05) is 31.6 Å². The van der Waals surface area contributed by atoms with Gasteiger partial charge >= 0.3 is 0 Å². The number of carbonyl (C=O) groups excluding carboxylic acids is 1. The standard InChI is InChI=1S/C20H24N2O2/c1-15-8-9-16(2)18(14-15)21-19(17-6-4-3-5-7-17)20(23)22-10-12-24-13-11-22/h3-9,14,19,21H,10-13H2,1-2H3/t19-/m0/s1. The molecule has 2 aromatic carbocycles. The Morgan fingerprint density at radius 2 is 1.79 bits per heavy atom. The molecule has 2 aromatic rings. The molecule has 1 aliphatic heterocycles. The van der Waals surface area contributed by atoms with Crippen LogP contribution in [0.5, 0.6) is 0 Å². The molecule has 4 heteroatoms. The summed E-state index contributed by atoms with van der Waals surface area (Å²) in [6.45, 7) is 6.63. The van der Waals surface area contributed by atoms with Gasteiger partial charge in [0.25, 0.3) is 0 Å². The number of ether oxygens (including phenoxy) is 1. The summed E-state index contributed by atoms with van der Waals surface area (Å²) in [7, 11) is 0. The van der Waals surface area contributed by atoms with Gasteiger partial charge in [-0.15, -0.1) is 0 Å². The second kappa shape index (κ2) is 7.49. The molecule has 0 aromatic heterocycles. The third-order valence-electron chi connectivity index (χ3n) is 4.40. The van der Waals surface area contributed by atoms with Crippen molar-refractivity contribution >= 4 is 11.6 Å². The van der Waals surface area contributed by atoms with Crippen molar-refractivity contribution in [3.8, 4) is 0 Å². The fourth-order valence-electron chi connectivity index (χ4n) is 2.95. The van der Waals surface area contributed by atoms with Crippen LogP contribution in [0, 0.1) is 13.8 Å². The quantitative estimate of drug-likeness (QED) is 0.938. The molecular formula is C20H24N2O2. The first kappa shape index (κ1) is 16.5. The fourth-order valence-corrected chi connectivity index (χ4v) is 2.95. The first-order valence-electron chi connectivity index (χ1n) is 8.40. The van der Waals surface area contributed by atoms with Crippen molar-refractivity contribution in [1.29, 1.82) is 0 Å². The number of anilines is 1. The van der Waals surface area contributed by atoms with Crippen LogP contribution in [0.4, 0.5) is 5.69 Å². The van der Waals surface area contributed by atoms with Crippen LogP contribution in [0.1, 0.15) is 22.7 Å². The smallest absolute Gasteiger partial charge is 0.249 e. The highest BCUT2D eigenvalue weighted by Crippen LogP contribution is 2.25. The van der Waals surface area contributed by atoms with E-state index in [9.17, 15) is 4.79 Å². The van der Waals surface area contributed by atoms with Gasteiger partial charge in [0.1, 0.15) is 6.04 Å². The van der Waals surface area contributed by atoms with E-state index in [2.05, 4.69) is 37.4 Å². The van der Waals surface area contributed by atoms with Gasteiger partial charge < -0.3 is 15.0 Å². The van der Waals surface area contributed by atoms with Crippen LogP contribution in [0.2, 0.25) is 0 Å². The zero-order valence-electron chi connectivity index (χ0n) is 14.3. The monoisotopic (exact) mass is 324 g/mol. The van der Waals surface area contributed by atoms with Crippen molar-refractivity contribution in [2.24, 2.45) is 0 Å². The van der Waals surface area contributed by atoms with Crippen LogP contribution >= 0.6 is 0 Å². The van der Waals surface area contributed by atoms with E-state index in [1.807, 2.05) is 35.2 Å². The summed E-state index contributed by atoms with van der Waals surface area (Å²) < 4.78 is 5.37. The summed E-state index contributed by atoms with van der Waals surface area (Å²) in [5, 5.41) is 3.47. The normalized spacial score (nSPS) is 15.8. The molecule has 1 heterocycles. The molecule has 0 aliphatic carbocycles. The maximum Gasteiger partial charge on any atom is 0.249 e. The summed E-state index contributed by atoms with van der Waals surface area (Å²) in [6.07, 6.45) is 0. The molecule has 0 bridgehead atoms. The average molecular weight is 324 g/mol. The zero-order chi connectivity index (χ0) is 16.9. The molecule has 1 saturated heterocycles. The van der Waals surface area contributed by atoms with E-state index in [4.69, 9.17) is 4.74 Å². The minimum absolute atomic E-state index is 0.102. The van der Waals surface area contributed by atoms with Crippen LogP contribution in [0.15, 0.2) is 48.5 Å². The van der Waals surface area contributed by atoms with E-state index in [0.29, 0.717) is 26.3 Å². The fraction of sp³-hybridized carbons (Fsp3) is 0.350. The van der Waals surface area contributed by atoms with Gasteiger partial charge in [0.05, 0.1) is 13.2 Å². The molecule has 126 valence electrons. The molecule has 1 atom stereocenters. The third kappa shape index (κ3) is 3.77. The third-order valence-corrected chi connectivity index (χ3v) is 4.40. The van der Waals surface area contributed by atoms with Crippen molar-refractivity contribution < 1.29 is 9.53 Å². The summed E-state index contributed by atoms with van der Waals surface area (Å²) in [5.74, 6) is 0.102. The molecule has 1 N–H and O–H groups in total. The largest absolute Gasteiger partial charge is 0.378 e. The molecule has 0 spiro atoms. The average Bonchev–Trinajstić information content (AvgIpc) is 2.63. The lowest BCUT2D eigenvalue weighted by Crippen LogP contribution is -2.44. The summed E-state index contributed by atoms with van der Waals surface area (Å²) >= 11 is 0. The predicted octanol–water partition coefficient (Wildman–Crippen LogP) is 3.32. The molecule has 1 amide bonds. The first-order valence-corrected chi connectivity index (χ1v) is 8.40. The highest BCUT2D eigenvalue weighted by molar-refractivity contribution is 5.86. The second-order valence-corrected chi connectivity index (χ2v) is 6.24. The molecule has 3 rings (SSSR count). The highest BCUT2D eigenvalue weighted by atomic mass is 16.5. The van der Waals surface area contributed by atoms with Gasteiger partial charge in [-0.05, 0) is 36.6 Å².